The zero-order valence-electron chi connectivity index (χ0n) is 19.7. The average Bonchev–Trinajstić information content (AvgIpc) is 2.79. The first-order valence-corrected chi connectivity index (χ1v) is 11.3. The summed E-state index contributed by atoms with van der Waals surface area (Å²) >= 11 is 0. The van der Waals surface area contributed by atoms with Gasteiger partial charge in [-0.2, -0.15) is 0 Å². The van der Waals surface area contributed by atoms with Crippen LogP contribution in [-0.2, 0) is 6.42 Å². The van der Waals surface area contributed by atoms with Crippen LogP contribution in [0.1, 0.15) is 35.7 Å². The highest BCUT2D eigenvalue weighted by Gasteiger charge is 2.21. The predicted octanol–water partition coefficient (Wildman–Crippen LogP) is 3.91. The first-order valence-electron chi connectivity index (χ1n) is 11.3. The number of piperidine rings is 1. The minimum Gasteiger partial charge on any atom is -0.369 e. The lowest BCUT2D eigenvalue weighted by atomic mass is 10.0. The highest BCUT2D eigenvalue weighted by atomic mass is 127. The Morgan fingerprint density at radius 2 is 2.00 bits per heavy atom. The van der Waals surface area contributed by atoms with E-state index in [0.29, 0.717) is 12.1 Å². The number of nitrogens with one attached hydrogen (secondary N) is 2. The van der Waals surface area contributed by atoms with Gasteiger partial charge >= 0.3 is 0 Å². The zero-order chi connectivity index (χ0) is 22.9. The minimum absolute atomic E-state index is 0. The fraction of sp³-hybridized carbons (Fsp3) is 0.440. The maximum atomic E-state index is 13.6. The van der Waals surface area contributed by atoms with Gasteiger partial charge in [0, 0.05) is 57.6 Å². The van der Waals surface area contributed by atoms with Crippen LogP contribution >= 0.6 is 24.0 Å². The number of benzene rings is 2. The SMILES string of the molecule is CCNC(=NCCc1cccc(C(=O)N(C)C)c1)NC1CCCN(c2cccc(F)c2)C1.I. The molecule has 3 rings (SSSR count). The summed E-state index contributed by atoms with van der Waals surface area (Å²) in [6.07, 6.45) is 2.84. The fourth-order valence-electron chi connectivity index (χ4n) is 3.93. The molecule has 1 fully saturated rings. The lowest BCUT2D eigenvalue weighted by Crippen LogP contribution is -2.51. The Balaban J connectivity index is 0.00000385. The van der Waals surface area contributed by atoms with E-state index < -0.39 is 0 Å². The lowest BCUT2D eigenvalue weighted by Gasteiger charge is -2.35. The molecule has 8 heteroatoms. The molecule has 0 radical (unpaired) electrons. The van der Waals surface area contributed by atoms with Gasteiger partial charge < -0.3 is 20.4 Å². The number of hydrogen-bond donors (Lipinski definition) is 2. The molecule has 1 heterocycles. The molecule has 6 nitrogen and oxygen atoms in total. The molecule has 0 aliphatic carbocycles. The standard InChI is InChI=1S/C25H34FN5O.HI/c1-4-27-25(28-14-13-19-8-5-9-20(16-19)24(32)30(2)3)29-22-11-7-15-31(18-22)23-12-6-10-21(26)17-23;/h5-6,8-10,12,16-17,22H,4,7,11,13-15,18H2,1-3H3,(H2,27,28,29);1H. The van der Waals surface area contributed by atoms with Gasteiger partial charge in [0.1, 0.15) is 5.82 Å². The molecule has 2 aromatic rings. The van der Waals surface area contributed by atoms with Crippen LogP contribution in [0.5, 0.6) is 0 Å². The van der Waals surface area contributed by atoms with Crippen molar-refractivity contribution in [3.63, 3.8) is 0 Å². The van der Waals surface area contributed by atoms with Crippen molar-refractivity contribution in [2.24, 2.45) is 4.99 Å². The molecular formula is C25H35FIN5O. The quantitative estimate of drug-likeness (QED) is 0.303. The van der Waals surface area contributed by atoms with E-state index in [4.69, 9.17) is 4.99 Å². The van der Waals surface area contributed by atoms with Crippen molar-refractivity contribution < 1.29 is 9.18 Å². The second-order valence-corrected chi connectivity index (χ2v) is 8.32. The Hall–Kier alpha value is -2.36. The normalized spacial score (nSPS) is 16.1. The number of halogens is 2. The molecule has 180 valence electrons. The molecule has 1 amide bonds. The maximum absolute atomic E-state index is 13.6. The van der Waals surface area contributed by atoms with Crippen LogP contribution in [0, 0.1) is 5.82 Å². The van der Waals surface area contributed by atoms with E-state index in [9.17, 15) is 9.18 Å². The number of carbonyl (C=O) groups excluding carboxylic acids is 1. The van der Waals surface area contributed by atoms with Crippen molar-refractivity contribution in [3.8, 4) is 0 Å². The third kappa shape index (κ3) is 8.17. The van der Waals surface area contributed by atoms with Gasteiger partial charge in [0.15, 0.2) is 5.96 Å². The summed E-state index contributed by atoms with van der Waals surface area (Å²) in [5.41, 5.74) is 2.71. The minimum atomic E-state index is -0.205. The van der Waals surface area contributed by atoms with Crippen LogP contribution in [0.4, 0.5) is 10.1 Å². The molecule has 33 heavy (non-hydrogen) atoms. The van der Waals surface area contributed by atoms with Crippen LogP contribution in [0.15, 0.2) is 53.5 Å². The highest BCUT2D eigenvalue weighted by Crippen LogP contribution is 2.20. The van der Waals surface area contributed by atoms with Crippen molar-refractivity contribution in [1.29, 1.82) is 0 Å². The molecule has 0 spiro atoms. The van der Waals surface area contributed by atoms with Crippen LogP contribution in [0.25, 0.3) is 0 Å². The van der Waals surface area contributed by atoms with Crippen molar-refractivity contribution in [3.05, 3.63) is 65.5 Å². The fourth-order valence-corrected chi connectivity index (χ4v) is 3.93. The monoisotopic (exact) mass is 567 g/mol. The molecule has 2 aromatic carbocycles. The summed E-state index contributed by atoms with van der Waals surface area (Å²) < 4.78 is 13.6. The van der Waals surface area contributed by atoms with Gasteiger partial charge in [0.2, 0.25) is 0 Å². The van der Waals surface area contributed by atoms with Crippen molar-refractivity contribution >= 4 is 41.5 Å². The molecule has 1 unspecified atom stereocenters. The number of guanidine groups is 1. The summed E-state index contributed by atoms with van der Waals surface area (Å²) in [6.45, 7) is 5.18. The van der Waals surface area contributed by atoms with E-state index >= 15 is 0 Å². The molecule has 1 atom stereocenters. The maximum Gasteiger partial charge on any atom is 0.253 e. The average molecular weight is 567 g/mol. The second kappa shape index (κ2) is 13.4. The van der Waals surface area contributed by atoms with Gasteiger partial charge in [-0.05, 0) is 62.1 Å². The number of aliphatic imine (C=N–C) groups is 1. The smallest absolute Gasteiger partial charge is 0.253 e. The number of anilines is 1. The van der Waals surface area contributed by atoms with Crippen molar-refractivity contribution in [1.82, 2.24) is 15.5 Å². The molecule has 2 N–H and O–H groups in total. The molecule has 1 aliphatic rings. The summed E-state index contributed by atoms with van der Waals surface area (Å²) in [5.74, 6) is 0.591. The van der Waals surface area contributed by atoms with Gasteiger partial charge in [0.25, 0.3) is 5.91 Å². The van der Waals surface area contributed by atoms with E-state index in [0.717, 1.165) is 56.1 Å². The van der Waals surface area contributed by atoms with Crippen LogP contribution < -0.4 is 15.5 Å². The van der Waals surface area contributed by atoms with Gasteiger partial charge in [-0.15, -0.1) is 24.0 Å². The second-order valence-electron chi connectivity index (χ2n) is 8.32. The molecule has 0 saturated carbocycles. The first kappa shape index (κ1) is 26.9. The van der Waals surface area contributed by atoms with Crippen LogP contribution in [0.3, 0.4) is 0 Å². The Morgan fingerprint density at radius 1 is 1.21 bits per heavy atom. The number of hydrogen-bond acceptors (Lipinski definition) is 3. The highest BCUT2D eigenvalue weighted by molar-refractivity contribution is 14.0. The Bertz CT molecular complexity index is 937. The summed E-state index contributed by atoms with van der Waals surface area (Å²) in [5, 5.41) is 6.87. The Labute approximate surface area is 213 Å². The van der Waals surface area contributed by atoms with E-state index in [2.05, 4.69) is 15.5 Å². The molecule has 1 aliphatic heterocycles. The van der Waals surface area contributed by atoms with Crippen LogP contribution in [0.2, 0.25) is 0 Å². The lowest BCUT2D eigenvalue weighted by molar-refractivity contribution is 0.0827. The van der Waals surface area contributed by atoms with Crippen molar-refractivity contribution in [2.75, 3.05) is 45.2 Å². The van der Waals surface area contributed by atoms with Crippen molar-refractivity contribution in [2.45, 2.75) is 32.2 Å². The van der Waals surface area contributed by atoms with E-state index in [1.54, 1.807) is 31.1 Å². The predicted molar refractivity (Wildman–Crippen MR) is 144 cm³/mol. The van der Waals surface area contributed by atoms with Gasteiger partial charge in [-0.25, -0.2) is 4.39 Å². The Morgan fingerprint density at radius 3 is 2.73 bits per heavy atom. The Kier molecular flexibility index (Phi) is 10.9. The number of carbonyl (C=O) groups is 1. The third-order valence-electron chi connectivity index (χ3n) is 5.53. The van der Waals surface area contributed by atoms with E-state index in [-0.39, 0.29) is 41.7 Å². The van der Waals surface area contributed by atoms with Gasteiger partial charge in [-0.3, -0.25) is 9.79 Å². The number of nitrogens with zero attached hydrogens (tertiary/aromatic N) is 3. The largest absolute Gasteiger partial charge is 0.369 e. The summed E-state index contributed by atoms with van der Waals surface area (Å²) in [7, 11) is 3.52. The summed E-state index contributed by atoms with van der Waals surface area (Å²) in [6, 6.07) is 14.8. The van der Waals surface area contributed by atoms with E-state index in [1.807, 2.05) is 37.3 Å². The van der Waals surface area contributed by atoms with Gasteiger partial charge in [0.05, 0.1) is 0 Å². The molecule has 0 aromatic heterocycles. The number of rotatable bonds is 7. The van der Waals surface area contributed by atoms with Crippen LogP contribution in [-0.4, -0.2) is 63.1 Å². The zero-order valence-corrected chi connectivity index (χ0v) is 22.0. The summed E-state index contributed by atoms with van der Waals surface area (Å²) in [4.78, 5) is 20.7. The van der Waals surface area contributed by atoms with Gasteiger partial charge in [-0.1, -0.05) is 18.2 Å². The topological polar surface area (TPSA) is 60.0 Å². The molecule has 1 saturated heterocycles. The van der Waals surface area contributed by atoms with E-state index in [1.165, 1.54) is 6.07 Å². The molecular weight excluding hydrogens is 532 g/mol. The number of amides is 1. The third-order valence-corrected chi connectivity index (χ3v) is 5.53. The molecule has 0 bridgehead atoms. The first-order chi connectivity index (χ1) is 15.5.